The maximum absolute atomic E-state index is 3.24. The van der Waals surface area contributed by atoms with E-state index in [2.05, 4.69) is 42.9 Å². The maximum atomic E-state index is 3.24. The van der Waals surface area contributed by atoms with Crippen LogP contribution in [0.15, 0.2) is 0 Å². The van der Waals surface area contributed by atoms with Gasteiger partial charge in [0.1, 0.15) is 0 Å². The van der Waals surface area contributed by atoms with E-state index < -0.39 is 0 Å². The number of likely N-dealkylation sites (N-methyl/N-ethyl adjacent to an activating group) is 2. The molecule has 1 aliphatic heterocycles. The predicted molar refractivity (Wildman–Crippen MR) is 66.3 cm³/mol. The van der Waals surface area contributed by atoms with E-state index in [1.54, 1.807) is 0 Å². The van der Waals surface area contributed by atoms with Crippen LogP contribution in [0.5, 0.6) is 0 Å². The Morgan fingerprint density at radius 3 is 2.60 bits per heavy atom. The van der Waals surface area contributed by atoms with Gasteiger partial charge in [0.15, 0.2) is 0 Å². The minimum atomic E-state index is 0.333. The Balaban J connectivity index is 2.55. The zero-order valence-corrected chi connectivity index (χ0v) is 11.0. The van der Waals surface area contributed by atoms with Gasteiger partial charge in [-0.05, 0) is 47.5 Å². The van der Waals surface area contributed by atoms with E-state index in [0.29, 0.717) is 11.6 Å². The fourth-order valence-corrected chi connectivity index (χ4v) is 2.66. The molecule has 0 bridgehead atoms. The second-order valence-corrected chi connectivity index (χ2v) is 5.31. The molecule has 0 aromatic heterocycles. The number of hydrogen-bond donors (Lipinski definition) is 1. The van der Waals surface area contributed by atoms with Crippen LogP contribution in [0, 0.1) is 0 Å². The molecule has 0 aliphatic carbocycles. The van der Waals surface area contributed by atoms with Crippen molar-refractivity contribution in [2.75, 3.05) is 40.3 Å². The summed E-state index contributed by atoms with van der Waals surface area (Å²) in [6, 6.07) is 0.713. The van der Waals surface area contributed by atoms with E-state index in [9.17, 15) is 0 Å². The molecule has 0 aromatic carbocycles. The largest absolute Gasteiger partial charge is 0.320 e. The van der Waals surface area contributed by atoms with Gasteiger partial charge in [-0.3, -0.25) is 4.90 Å². The molecule has 3 heteroatoms. The van der Waals surface area contributed by atoms with Crippen LogP contribution in [-0.2, 0) is 0 Å². The summed E-state index contributed by atoms with van der Waals surface area (Å²) in [4.78, 5) is 5.12. The first kappa shape index (κ1) is 12.9. The van der Waals surface area contributed by atoms with Crippen molar-refractivity contribution < 1.29 is 0 Å². The van der Waals surface area contributed by atoms with Crippen molar-refractivity contribution in [2.45, 2.75) is 38.8 Å². The van der Waals surface area contributed by atoms with E-state index >= 15 is 0 Å². The van der Waals surface area contributed by atoms with E-state index in [-0.39, 0.29) is 0 Å². The molecule has 1 heterocycles. The summed E-state index contributed by atoms with van der Waals surface area (Å²) in [6.07, 6.45) is 1.25. The summed E-state index contributed by atoms with van der Waals surface area (Å²) in [6.45, 7) is 11.6. The average Bonchev–Trinajstić information content (AvgIpc) is 2.15. The second kappa shape index (κ2) is 5.28. The first-order valence-electron chi connectivity index (χ1n) is 6.11. The average molecular weight is 213 g/mol. The standard InChI is InChI=1S/C12H27N3/c1-6-15-9-11(7-8-13-4)14(5)10-12(15,2)3/h11,13H,6-10H2,1-5H3. The van der Waals surface area contributed by atoms with E-state index in [1.165, 1.54) is 19.5 Å². The van der Waals surface area contributed by atoms with Gasteiger partial charge >= 0.3 is 0 Å². The molecule has 0 saturated carbocycles. The van der Waals surface area contributed by atoms with Gasteiger partial charge in [-0.15, -0.1) is 0 Å². The monoisotopic (exact) mass is 213 g/mol. The van der Waals surface area contributed by atoms with Gasteiger partial charge in [-0.2, -0.15) is 0 Å². The van der Waals surface area contributed by atoms with Crippen molar-refractivity contribution in [3.63, 3.8) is 0 Å². The quantitative estimate of drug-likeness (QED) is 0.752. The lowest BCUT2D eigenvalue weighted by atomic mass is 9.95. The Kier molecular flexibility index (Phi) is 4.56. The first-order valence-corrected chi connectivity index (χ1v) is 6.11. The molecule has 1 N–H and O–H groups in total. The van der Waals surface area contributed by atoms with E-state index in [4.69, 9.17) is 0 Å². The van der Waals surface area contributed by atoms with Crippen LogP contribution in [0.1, 0.15) is 27.2 Å². The molecule has 0 radical (unpaired) electrons. The molecule has 1 rings (SSSR count). The molecule has 3 nitrogen and oxygen atoms in total. The zero-order valence-electron chi connectivity index (χ0n) is 11.0. The molecular formula is C12H27N3. The van der Waals surface area contributed by atoms with Crippen LogP contribution >= 0.6 is 0 Å². The maximum Gasteiger partial charge on any atom is 0.0280 e. The van der Waals surface area contributed by atoms with Gasteiger partial charge in [0.25, 0.3) is 0 Å². The Hall–Kier alpha value is -0.120. The lowest BCUT2D eigenvalue weighted by molar-refractivity contribution is -0.00344. The van der Waals surface area contributed by atoms with Crippen LogP contribution in [0.3, 0.4) is 0 Å². The fraction of sp³-hybridized carbons (Fsp3) is 1.00. The van der Waals surface area contributed by atoms with Crippen molar-refractivity contribution in [2.24, 2.45) is 0 Å². The molecule has 90 valence electrons. The lowest BCUT2D eigenvalue weighted by Crippen LogP contribution is -2.62. The smallest absolute Gasteiger partial charge is 0.0280 e. The number of rotatable bonds is 4. The highest BCUT2D eigenvalue weighted by molar-refractivity contribution is 4.93. The van der Waals surface area contributed by atoms with Gasteiger partial charge in [0.2, 0.25) is 0 Å². The van der Waals surface area contributed by atoms with Crippen molar-refractivity contribution in [1.29, 1.82) is 0 Å². The molecule has 1 unspecified atom stereocenters. The lowest BCUT2D eigenvalue weighted by Gasteiger charge is -2.50. The molecule has 0 spiro atoms. The number of hydrogen-bond acceptors (Lipinski definition) is 3. The molecule has 0 amide bonds. The highest BCUT2D eigenvalue weighted by Crippen LogP contribution is 2.23. The number of piperazine rings is 1. The van der Waals surface area contributed by atoms with Gasteiger partial charge in [-0.25, -0.2) is 0 Å². The highest BCUT2D eigenvalue weighted by Gasteiger charge is 2.35. The Bertz CT molecular complexity index is 191. The normalized spacial score (nSPS) is 28.2. The molecule has 1 saturated heterocycles. The van der Waals surface area contributed by atoms with Crippen LogP contribution in [-0.4, -0.2) is 61.7 Å². The third-order valence-electron chi connectivity index (χ3n) is 3.66. The fourth-order valence-electron chi connectivity index (χ4n) is 2.66. The number of nitrogens with one attached hydrogen (secondary N) is 1. The first-order chi connectivity index (χ1) is 7.01. The third-order valence-corrected chi connectivity index (χ3v) is 3.66. The molecule has 1 fully saturated rings. The van der Waals surface area contributed by atoms with Crippen LogP contribution in [0.2, 0.25) is 0 Å². The Morgan fingerprint density at radius 1 is 1.40 bits per heavy atom. The van der Waals surface area contributed by atoms with Crippen molar-refractivity contribution >= 4 is 0 Å². The molecule has 1 atom stereocenters. The molecule has 15 heavy (non-hydrogen) atoms. The summed E-state index contributed by atoms with van der Waals surface area (Å²) >= 11 is 0. The van der Waals surface area contributed by atoms with E-state index in [1.807, 2.05) is 7.05 Å². The van der Waals surface area contributed by atoms with Gasteiger partial charge < -0.3 is 10.2 Å². The van der Waals surface area contributed by atoms with Crippen LogP contribution in [0.4, 0.5) is 0 Å². The van der Waals surface area contributed by atoms with Crippen molar-refractivity contribution in [3.05, 3.63) is 0 Å². The van der Waals surface area contributed by atoms with Crippen LogP contribution in [0.25, 0.3) is 0 Å². The van der Waals surface area contributed by atoms with E-state index in [0.717, 1.165) is 13.1 Å². The number of nitrogens with zero attached hydrogens (tertiary/aromatic N) is 2. The third kappa shape index (κ3) is 3.16. The summed E-state index contributed by atoms with van der Waals surface area (Å²) in [5.41, 5.74) is 0.333. The summed E-state index contributed by atoms with van der Waals surface area (Å²) in [7, 11) is 4.29. The van der Waals surface area contributed by atoms with Gasteiger partial charge in [-0.1, -0.05) is 6.92 Å². The SMILES string of the molecule is CCN1CC(CCNC)N(C)CC1(C)C. The van der Waals surface area contributed by atoms with Crippen molar-refractivity contribution in [1.82, 2.24) is 15.1 Å². The van der Waals surface area contributed by atoms with Crippen molar-refractivity contribution in [3.8, 4) is 0 Å². The van der Waals surface area contributed by atoms with Crippen LogP contribution < -0.4 is 5.32 Å². The Morgan fingerprint density at radius 2 is 2.07 bits per heavy atom. The minimum Gasteiger partial charge on any atom is -0.320 e. The van der Waals surface area contributed by atoms with Gasteiger partial charge in [0.05, 0.1) is 0 Å². The summed E-state index contributed by atoms with van der Waals surface area (Å²) in [5, 5.41) is 3.24. The minimum absolute atomic E-state index is 0.333. The summed E-state index contributed by atoms with van der Waals surface area (Å²) in [5.74, 6) is 0. The molecule has 1 aliphatic rings. The molecule has 0 aromatic rings. The predicted octanol–water partition coefficient (Wildman–Crippen LogP) is 1.01. The molecular weight excluding hydrogens is 186 g/mol. The highest BCUT2D eigenvalue weighted by atomic mass is 15.3. The second-order valence-electron chi connectivity index (χ2n) is 5.31. The zero-order chi connectivity index (χ0) is 11.5. The van der Waals surface area contributed by atoms with Gasteiger partial charge in [0, 0.05) is 24.7 Å². The summed E-state index contributed by atoms with van der Waals surface area (Å²) < 4.78 is 0. The topological polar surface area (TPSA) is 18.5 Å². The Labute approximate surface area is 94.8 Å².